The van der Waals surface area contributed by atoms with E-state index >= 15 is 0 Å². The first kappa shape index (κ1) is 9.69. The molecule has 0 aromatic heterocycles. The molecule has 0 radical (unpaired) electrons. The second-order valence-corrected chi connectivity index (χ2v) is 3.03. The number of hydrogen-bond donors (Lipinski definition) is 2. The van der Waals surface area contributed by atoms with E-state index in [2.05, 4.69) is 11.1 Å². The summed E-state index contributed by atoms with van der Waals surface area (Å²) < 4.78 is 14.3. The SMILES string of the molecule is C=C(CCC)OP(=O)(O)O. The Hall–Kier alpha value is -0.310. The third-order valence-electron chi connectivity index (χ3n) is 0.777. The maximum absolute atomic E-state index is 10.1. The third-order valence-corrected chi connectivity index (χ3v) is 1.27. The van der Waals surface area contributed by atoms with Crippen molar-refractivity contribution in [2.24, 2.45) is 0 Å². The van der Waals surface area contributed by atoms with Crippen LogP contribution in [0.2, 0.25) is 0 Å². The van der Waals surface area contributed by atoms with Crippen molar-refractivity contribution < 1.29 is 18.9 Å². The Morgan fingerprint density at radius 3 is 2.50 bits per heavy atom. The van der Waals surface area contributed by atoms with Crippen LogP contribution in [-0.4, -0.2) is 9.79 Å². The van der Waals surface area contributed by atoms with Crippen LogP contribution in [0.1, 0.15) is 19.8 Å². The first-order valence-corrected chi connectivity index (χ1v) is 4.41. The molecule has 0 aliphatic carbocycles. The van der Waals surface area contributed by atoms with E-state index in [-0.39, 0.29) is 5.76 Å². The highest BCUT2D eigenvalue weighted by Crippen LogP contribution is 2.39. The van der Waals surface area contributed by atoms with Gasteiger partial charge in [0.1, 0.15) is 5.76 Å². The van der Waals surface area contributed by atoms with Gasteiger partial charge in [-0.15, -0.1) is 0 Å². The summed E-state index contributed by atoms with van der Waals surface area (Å²) in [7, 11) is -4.35. The largest absolute Gasteiger partial charge is 0.524 e. The lowest BCUT2D eigenvalue weighted by atomic mass is 10.3. The molecule has 0 aromatic rings. The molecule has 2 N–H and O–H groups in total. The van der Waals surface area contributed by atoms with E-state index in [9.17, 15) is 4.57 Å². The van der Waals surface area contributed by atoms with E-state index in [4.69, 9.17) is 9.79 Å². The summed E-state index contributed by atoms with van der Waals surface area (Å²) in [6, 6.07) is 0. The van der Waals surface area contributed by atoms with Crippen molar-refractivity contribution in [1.82, 2.24) is 0 Å². The molecule has 4 nitrogen and oxygen atoms in total. The van der Waals surface area contributed by atoms with E-state index in [0.29, 0.717) is 6.42 Å². The number of hydrogen-bond acceptors (Lipinski definition) is 2. The standard InChI is InChI=1S/C5H11O4P/c1-3-4-5(2)9-10(6,7)8/h2-4H2,1H3,(H2,6,7,8). The Morgan fingerprint density at radius 1 is 1.70 bits per heavy atom. The van der Waals surface area contributed by atoms with Gasteiger partial charge in [0.2, 0.25) is 0 Å². The van der Waals surface area contributed by atoms with Gasteiger partial charge < -0.3 is 4.52 Å². The topological polar surface area (TPSA) is 66.8 Å². The van der Waals surface area contributed by atoms with E-state index in [1.807, 2.05) is 6.92 Å². The van der Waals surface area contributed by atoms with Gasteiger partial charge in [-0.2, -0.15) is 0 Å². The van der Waals surface area contributed by atoms with Crippen molar-refractivity contribution in [3.63, 3.8) is 0 Å². The van der Waals surface area contributed by atoms with Gasteiger partial charge in [0, 0.05) is 6.42 Å². The van der Waals surface area contributed by atoms with Crippen molar-refractivity contribution in [1.29, 1.82) is 0 Å². The average molecular weight is 166 g/mol. The molecule has 5 heteroatoms. The molecule has 0 saturated heterocycles. The number of phosphoric ester groups is 1. The summed E-state index contributed by atoms with van der Waals surface area (Å²) in [5.74, 6) is 0.135. The highest BCUT2D eigenvalue weighted by Gasteiger charge is 2.15. The molecular formula is C5H11O4P. The molecule has 0 aliphatic heterocycles. The maximum atomic E-state index is 10.1. The molecule has 0 atom stereocenters. The van der Waals surface area contributed by atoms with Crippen LogP contribution in [0.5, 0.6) is 0 Å². The van der Waals surface area contributed by atoms with E-state index in [1.165, 1.54) is 0 Å². The van der Waals surface area contributed by atoms with Crippen LogP contribution in [0, 0.1) is 0 Å². The normalized spacial score (nSPS) is 11.1. The van der Waals surface area contributed by atoms with Crippen molar-refractivity contribution in [3.05, 3.63) is 12.3 Å². The highest BCUT2D eigenvalue weighted by atomic mass is 31.2. The molecule has 0 fully saturated rings. The van der Waals surface area contributed by atoms with Crippen LogP contribution in [0.15, 0.2) is 12.3 Å². The fourth-order valence-corrected chi connectivity index (χ4v) is 0.920. The Kier molecular flexibility index (Phi) is 3.64. The van der Waals surface area contributed by atoms with Gasteiger partial charge in [0.25, 0.3) is 0 Å². The zero-order valence-electron chi connectivity index (χ0n) is 5.78. The Labute approximate surface area is 59.8 Å². The maximum Gasteiger partial charge on any atom is 0.524 e. The molecule has 0 amide bonds. The lowest BCUT2D eigenvalue weighted by Crippen LogP contribution is -1.87. The van der Waals surface area contributed by atoms with E-state index in [0.717, 1.165) is 6.42 Å². The Bertz CT molecular complexity index is 159. The van der Waals surface area contributed by atoms with Gasteiger partial charge in [-0.05, 0) is 6.42 Å². The molecule has 0 unspecified atom stereocenters. The predicted molar refractivity (Wildman–Crippen MR) is 37.2 cm³/mol. The molecule has 0 saturated carbocycles. The molecule has 0 bridgehead atoms. The smallest absolute Gasteiger partial charge is 0.409 e. The van der Waals surface area contributed by atoms with Gasteiger partial charge in [-0.25, -0.2) is 4.57 Å². The zero-order valence-corrected chi connectivity index (χ0v) is 6.67. The molecular weight excluding hydrogens is 155 g/mol. The summed E-state index contributed by atoms with van der Waals surface area (Å²) in [5, 5.41) is 0. The predicted octanol–water partition coefficient (Wildman–Crippen LogP) is 1.41. The van der Waals surface area contributed by atoms with Crippen LogP contribution >= 0.6 is 7.82 Å². The minimum absolute atomic E-state index is 0.135. The van der Waals surface area contributed by atoms with Gasteiger partial charge in [-0.1, -0.05) is 13.5 Å². The molecule has 0 aromatic carbocycles. The molecule has 60 valence electrons. The number of phosphoric acid groups is 1. The van der Waals surface area contributed by atoms with Crippen LogP contribution in [-0.2, 0) is 9.09 Å². The summed E-state index contributed by atoms with van der Waals surface area (Å²) in [6.45, 7) is 5.18. The van der Waals surface area contributed by atoms with Crippen LogP contribution in [0.3, 0.4) is 0 Å². The minimum atomic E-state index is -4.35. The summed E-state index contributed by atoms with van der Waals surface area (Å²) in [5.41, 5.74) is 0. The highest BCUT2D eigenvalue weighted by molar-refractivity contribution is 7.46. The van der Waals surface area contributed by atoms with Crippen molar-refractivity contribution >= 4 is 7.82 Å². The molecule has 0 rings (SSSR count). The fourth-order valence-electron chi connectivity index (χ4n) is 0.493. The first-order chi connectivity index (χ1) is 4.45. The molecule has 0 heterocycles. The fraction of sp³-hybridized carbons (Fsp3) is 0.600. The number of rotatable bonds is 4. The van der Waals surface area contributed by atoms with Crippen molar-refractivity contribution in [2.75, 3.05) is 0 Å². The molecule has 0 spiro atoms. The third kappa shape index (κ3) is 5.82. The van der Waals surface area contributed by atoms with Crippen LogP contribution in [0.25, 0.3) is 0 Å². The lowest BCUT2D eigenvalue weighted by molar-refractivity contribution is 0.237. The molecule has 10 heavy (non-hydrogen) atoms. The summed E-state index contributed by atoms with van der Waals surface area (Å²) in [6.07, 6.45) is 1.24. The summed E-state index contributed by atoms with van der Waals surface area (Å²) >= 11 is 0. The van der Waals surface area contributed by atoms with Crippen LogP contribution < -0.4 is 0 Å². The van der Waals surface area contributed by atoms with Gasteiger partial charge >= 0.3 is 7.82 Å². The van der Waals surface area contributed by atoms with Gasteiger partial charge in [-0.3, -0.25) is 9.79 Å². The quantitative estimate of drug-likeness (QED) is 0.489. The first-order valence-electron chi connectivity index (χ1n) is 2.88. The zero-order chi connectivity index (χ0) is 8.20. The van der Waals surface area contributed by atoms with Crippen LogP contribution in [0.4, 0.5) is 0 Å². The average Bonchev–Trinajstić information content (AvgIpc) is 1.59. The minimum Gasteiger partial charge on any atom is -0.409 e. The van der Waals surface area contributed by atoms with Crippen molar-refractivity contribution in [2.45, 2.75) is 19.8 Å². The second-order valence-electron chi connectivity index (χ2n) is 1.87. The Morgan fingerprint density at radius 2 is 2.20 bits per heavy atom. The van der Waals surface area contributed by atoms with Gasteiger partial charge in [0.05, 0.1) is 0 Å². The second kappa shape index (κ2) is 3.76. The summed E-state index contributed by atoms with van der Waals surface area (Å²) in [4.78, 5) is 16.5. The molecule has 0 aliphatic rings. The van der Waals surface area contributed by atoms with Crippen molar-refractivity contribution in [3.8, 4) is 0 Å². The lowest BCUT2D eigenvalue weighted by Gasteiger charge is -2.07. The number of allylic oxidation sites excluding steroid dienone is 1. The Balaban J connectivity index is 3.70. The monoisotopic (exact) mass is 166 g/mol. The van der Waals surface area contributed by atoms with E-state index < -0.39 is 7.82 Å². The van der Waals surface area contributed by atoms with Gasteiger partial charge in [0.15, 0.2) is 0 Å². The van der Waals surface area contributed by atoms with E-state index in [1.54, 1.807) is 0 Å².